The molecule has 0 aromatic heterocycles. The Balaban J connectivity index is 1.63. The van der Waals surface area contributed by atoms with Crippen molar-refractivity contribution in [2.24, 2.45) is 0 Å². The summed E-state index contributed by atoms with van der Waals surface area (Å²) in [7, 11) is 1.54. The molecule has 4 amide bonds. The number of benzene rings is 2. The van der Waals surface area contributed by atoms with Gasteiger partial charge in [-0.15, -0.1) is 0 Å². The minimum atomic E-state index is -0.914. The van der Waals surface area contributed by atoms with Gasteiger partial charge in [-0.05, 0) is 48.5 Å². The topological polar surface area (TPSA) is 115 Å². The van der Waals surface area contributed by atoms with Crippen LogP contribution in [0.5, 0.6) is 17.2 Å². The smallest absolute Gasteiger partial charge is 0.340 e. The minimum absolute atomic E-state index is 0.333. The molecule has 0 heterocycles. The number of methoxy groups -OCH3 is 1. The lowest BCUT2D eigenvalue weighted by Gasteiger charge is -2.10. The summed E-state index contributed by atoms with van der Waals surface area (Å²) >= 11 is 5.74. The summed E-state index contributed by atoms with van der Waals surface area (Å²) in [6, 6.07) is 12.1. The van der Waals surface area contributed by atoms with Crippen LogP contribution in [0.3, 0.4) is 0 Å². The second kappa shape index (κ2) is 10.6. The maximum Gasteiger partial charge on any atom is 0.340 e. The summed E-state index contributed by atoms with van der Waals surface area (Å²) in [6.45, 7) is -0.718. The van der Waals surface area contributed by atoms with Crippen molar-refractivity contribution in [1.29, 1.82) is 0 Å². The Hall–Kier alpha value is -3.46. The summed E-state index contributed by atoms with van der Waals surface area (Å²) in [5.41, 5.74) is 4.13. The molecule has 2 rings (SSSR count). The number of carbonyl (C=O) groups is 3. The van der Waals surface area contributed by atoms with Gasteiger partial charge in [0.1, 0.15) is 17.2 Å². The fourth-order valence-corrected chi connectivity index (χ4v) is 1.98. The van der Waals surface area contributed by atoms with Gasteiger partial charge in [0.25, 0.3) is 11.8 Å². The van der Waals surface area contributed by atoms with E-state index in [1.807, 2.05) is 10.7 Å². The van der Waals surface area contributed by atoms with Gasteiger partial charge in [0.05, 0.1) is 7.11 Å². The molecule has 0 saturated heterocycles. The van der Waals surface area contributed by atoms with E-state index in [0.717, 1.165) is 0 Å². The third kappa shape index (κ3) is 7.42. The molecule has 0 aliphatic rings. The number of rotatable bonds is 7. The number of halogens is 1. The molecule has 2 aromatic carbocycles. The van der Waals surface area contributed by atoms with Gasteiger partial charge in [0.15, 0.2) is 13.2 Å². The van der Waals surface area contributed by atoms with Crippen molar-refractivity contribution < 1.29 is 28.6 Å². The Labute approximate surface area is 165 Å². The van der Waals surface area contributed by atoms with Crippen LogP contribution in [0.2, 0.25) is 5.02 Å². The molecule has 28 heavy (non-hydrogen) atoms. The molecule has 0 atom stereocenters. The SMILES string of the molecule is COc1ccc(OCC(=O)NNC(=O)NC(=O)COc2ccc(Cl)cc2)cc1. The standard InChI is InChI=1S/C18H18ClN3O6/c1-26-13-6-8-15(9-7-13)28-11-17(24)21-22-18(25)20-16(23)10-27-14-4-2-12(19)3-5-14/h2-9H,10-11H2,1H3,(H,21,24)(H2,20,22,23,25). The number of carbonyl (C=O) groups excluding carboxylic acids is 3. The van der Waals surface area contributed by atoms with E-state index in [4.69, 9.17) is 25.8 Å². The van der Waals surface area contributed by atoms with Crippen LogP contribution in [0.4, 0.5) is 4.79 Å². The predicted octanol–water partition coefficient (Wildman–Crippen LogP) is 1.66. The second-order valence-electron chi connectivity index (χ2n) is 5.26. The fourth-order valence-electron chi connectivity index (χ4n) is 1.86. The molecule has 0 saturated carbocycles. The molecule has 0 bridgehead atoms. The Bertz CT molecular complexity index is 811. The third-order valence-corrected chi connectivity index (χ3v) is 3.43. The summed E-state index contributed by atoms with van der Waals surface area (Å²) in [6.07, 6.45) is 0. The van der Waals surface area contributed by atoms with Gasteiger partial charge in [0, 0.05) is 5.02 Å². The number of hydrogen-bond acceptors (Lipinski definition) is 6. The zero-order valence-electron chi connectivity index (χ0n) is 14.9. The predicted molar refractivity (Wildman–Crippen MR) is 100 cm³/mol. The van der Waals surface area contributed by atoms with Gasteiger partial charge >= 0.3 is 6.03 Å². The van der Waals surface area contributed by atoms with Crippen LogP contribution >= 0.6 is 11.6 Å². The molecule has 2 aromatic rings. The fraction of sp³-hybridized carbons (Fsp3) is 0.167. The lowest BCUT2D eigenvalue weighted by molar-refractivity contribution is -0.124. The number of hydrazine groups is 1. The Kier molecular flexibility index (Phi) is 7.92. The molecule has 0 spiro atoms. The number of nitrogens with one attached hydrogen (secondary N) is 3. The first kappa shape index (κ1) is 20.8. The van der Waals surface area contributed by atoms with E-state index in [1.54, 1.807) is 48.5 Å². The normalized spacial score (nSPS) is 9.79. The van der Waals surface area contributed by atoms with Crippen molar-refractivity contribution in [3.63, 3.8) is 0 Å². The summed E-state index contributed by atoms with van der Waals surface area (Å²) in [5, 5.41) is 2.52. The van der Waals surface area contributed by atoms with Gasteiger partial charge in [-0.1, -0.05) is 11.6 Å². The lowest BCUT2D eigenvalue weighted by atomic mass is 10.3. The van der Waals surface area contributed by atoms with Crippen molar-refractivity contribution in [1.82, 2.24) is 16.2 Å². The molecular weight excluding hydrogens is 390 g/mol. The number of hydrogen-bond donors (Lipinski definition) is 3. The van der Waals surface area contributed by atoms with Crippen LogP contribution < -0.4 is 30.4 Å². The van der Waals surface area contributed by atoms with E-state index in [1.165, 1.54) is 7.11 Å². The van der Waals surface area contributed by atoms with Gasteiger partial charge in [-0.25, -0.2) is 10.2 Å². The monoisotopic (exact) mass is 407 g/mol. The van der Waals surface area contributed by atoms with Gasteiger partial charge in [0.2, 0.25) is 0 Å². The molecule has 0 unspecified atom stereocenters. The van der Waals surface area contributed by atoms with Crippen molar-refractivity contribution in [2.75, 3.05) is 20.3 Å². The number of urea groups is 1. The van der Waals surface area contributed by atoms with Crippen LogP contribution in [0.1, 0.15) is 0 Å². The van der Waals surface area contributed by atoms with E-state index in [9.17, 15) is 14.4 Å². The number of ether oxygens (including phenoxy) is 3. The molecule has 3 N–H and O–H groups in total. The maximum absolute atomic E-state index is 11.6. The van der Waals surface area contributed by atoms with E-state index in [2.05, 4.69) is 5.43 Å². The van der Waals surface area contributed by atoms with Crippen LogP contribution in [-0.4, -0.2) is 38.2 Å². The van der Waals surface area contributed by atoms with E-state index < -0.39 is 17.8 Å². The first-order valence-corrected chi connectivity index (χ1v) is 8.38. The molecule has 10 heteroatoms. The molecule has 0 fully saturated rings. The molecular formula is C18H18ClN3O6. The maximum atomic E-state index is 11.6. The van der Waals surface area contributed by atoms with Crippen LogP contribution in [0.25, 0.3) is 0 Å². The molecule has 148 valence electrons. The van der Waals surface area contributed by atoms with E-state index in [0.29, 0.717) is 22.3 Å². The van der Waals surface area contributed by atoms with E-state index >= 15 is 0 Å². The highest BCUT2D eigenvalue weighted by Crippen LogP contribution is 2.17. The highest BCUT2D eigenvalue weighted by Gasteiger charge is 2.10. The molecule has 9 nitrogen and oxygen atoms in total. The zero-order valence-corrected chi connectivity index (χ0v) is 15.6. The van der Waals surface area contributed by atoms with Crippen molar-refractivity contribution in [3.8, 4) is 17.2 Å². The molecule has 0 aliphatic carbocycles. The summed E-state index contributed by atoms with van der Waals surface area (Å²) < 4.78 is 15.4. The second-order valence-corrected chi connectivity index (χ2v) is 5.69. The Morgan fingerprint density at radius 1 is 0.786 bits per heavy atom. The number of imide groups is 1. The lowest BCUT2D eigenvalue weighted by Crippen LogP contribution is -2.50. The average Bonchev–Trinajstić information content (AvgIpc) is 2.70. The number of amides is 4. The highest BCUT2D eigenvalue weighted by molar-refractivity contribution is 6.30. The largest absolute Gasteiger partial charge is 0.497 e. The molecule has 0 aliphatic heterocycles. The quantitative estimate of drug-likeness (QED) is 0.601. The summed E-state index contributed by atoms with van der Waals surface area (Å²) in [4.78, 5) is 34.8. The van der Waals surface area contributed by atoms with Crippen molar-refractivity contribution in [2.45, 2.75) is 0 Å². The Morgan fingerprint density at radius 3 is 1.86 bits per heavy atom. The van der Waals surface area contributed by atoms with Gasteiger partial charge in [-0.3, -0.25) is 20.3 Å². The molecule has 0 radical (unpaired) electrons. The zero-order chi connectivity index (χ0) is 20.4. The van der Waals surface area contributed by atoms with Crippen LogP contribution in [-0.2, 0) is 9.59 Å². The van der Waals surface area contributed by atoms with Crippen LogP contribution in [0.15, 0.2) is 48.5 Å². The highest BCUT2D eigenvalue weighted by atomic mass is 35.5. The average molecular weight is 408 g/mol. The first-order valence-electron chi connectivity index (χ1n) is 8.00. The minimum Gasteiger partial charge on any atom is -0.497 e. The first-order chi connectivity index (χ1) is 13.5. The van der Waals surface area contributed by atoms with Crippen molar-refractivity contribution >= 4 is 29.4 Å². The van der Waals surface area contributed by atoms with Gasteiger partial charge in [-0.2, -0.15) is 0 Å². The van der Waals surface area contributed by atoms with Crippen LogP contribution in [0, 0.1) is 0 Å². The van der Waals surface area contributed by atoms with Crippen molar-refractivity contribution in [3.05, 3.63) is 53.6 Å². The third-order valence-electron chi connectivity index (χ3n) is 3.18. The summed E-state index contributed by atoms with van der Waals surface area (Å²) in [5.74, 6) is 0.214. The van der Waals surface area contributed by atoms with Gasteiger partial charge < -0.3 is 14.2 Å². The Morgan fingerprint density at radius 2 is 1.29 bits per heavy atom. The van der Waals surface area contributed by atoms with E-state index in [-0.39, 0.29) is 13.2 Å².